The van der Waals surface area contributed by atoms with Gasteiger partial charge < -0.3 is 35.6 Å². The number of aryl methyl sites for hydroxylation is 1. The second-order valence-electron chi connectivity index (χ2n) is 14.9. The second kappa shape index (κ2) is 24.4. The number of benzene rings is 4. The molecule has 2 atom stereocenters. The minimum absolute atomic E-state index is 0. The normalized spacial score (nSPS) is 12.0. The SMILES string of the molecule is C.CNC(=O)[C@@H](CC(=O)c1ccc(OC(C)C)c(Cl)c1)Cc1ccc(-c2noc(C)n2)cc1.CNC(=O)[C@@H](CC(=O)c1ccc(OC(C)C)c(Cl)c1)Cc1ccc(/C(N)=N/O)cc1. The molecule has 1 aromatic heterocycles. The van der Waals surface area contributed by atoms with E-state index in [1.807, 2.05) is 52.0 Å². The molecular formula is C47H56Cl2N6O8. The molecule has 5 N–H and O–H groups in total. The molecule has 0 saturated heterocycles. The van der Waals surface area contributed by atoms with E-state index >= 15 is 0 Å². The summed E-state index contributed by atoms with van der Waals surface area (Å²) in [5.41, 5.74) is 9.59. The number of hydrogen-bond donors (Lipinski definition) is 4. The molecule has 336 valence electrons. The monoisotopic (exact) mass is 902 g/mol. The van der Waals surface area contributed by atoms with Crippen LogP contribution in [0.5, 0.6) is 11.5 Å². The molecule has 0 saturated carbocycles. The summed E-state index contributed by atoms with van der Waals surface area (Å²) >= 11 is 12.5. The number of carbonyl (C=O) groups excluding carboxylic acids is 4. The maximum atomic E-state index is 12.9. The first-order valence-corrected chi connectivity index (χ1v) is 20.7. The van der Waals surface area contributed by atoms with Crippen LogP contribution in [0.15, 0.2) is 94.6 Å². The van der Waals surface area contributed by atoms with Crippen LogP contribution in [0.2, 0.25) is 10.0 Å². The summed E-state index contributed by atoms with van der Waals surface area (Å²) in [6.07, 6.45) is 0.812. The molecule has 5 aromatic rings. The van der Waals surface area contributed by atoms with Gasteiger partial charge in [0.1, 0.15) is 11.5 Å². The molecular weight excluding hydrogens is 847 g/mol. The zero-order valence-electron chi connectivity index (χ0n) is 35.7. The Hall–Kier alpha value is -6.25. The quantitative estimate of drug-likeness (QED) is 0.0215. The molecule has 0 unspecified atom stereocenters. The van der Waals surface area contributed by atoms with Gasteiger partial charge in [0.15, 0.2) is 17.4 Å². The summed E-state index contributed by atoms with van der Waals surface area (Å²) in [6, 6.07) is 24.3. The predicted octanol–water partition coefficient (Wildman–Crippen LogP) is 8.70. The third-order valence-corrected chi connectivity index (χ3v) is 9.98. The third-order valence-electron chi connectivity index (χ3n) is 9.39. The van der Waals surface area contributed by atoms with Crippen LogP contribution in [-0.4, -0.2) is 70.9 Å². The summed E-state index contributed by atoms with van der Waals surface area (Å²) in [5.74, 6) is 0.206. The molecule has 4 aromatic carbocycles. The van der Waals surface area contributed by atoms with Crippen molar-refractivity contribution in [2.75, 3.05) is 14.1 Å². The highest BCUT2D eigenvalue weighted by Gasteiger charge is 2.25. The molecule has 14 nitrogen and oxygen atoms in total. The van der Waals surface area contributed by atoms with Gasteiger partial charge in [-0.15, -0.1) is 0 Å². The number of ether oxygens (including phenoxy) is 2. The minimum Gasteiger partial charge on any atom is -0.489 e. The molecule has 0 aliphatic rings. The second-order valence-corrected chi connectivity index (χ2v) is 15.7. The Morgan fingerprint density at radius 1 is 0.714 bits per heavy atom. The van der Waals surface area contributed by atoms with E-state index in [2.05, 4.69) is 25.9 Å². The number of carbonyl (C=O) groups is 4. The average Bonchev–Trinajstić information content (AvgIpc) is 3.69. The molecule has 2 amide bonds. The van der Waals surface area contributed by atoms with Crippen molar-refractivity contribution in [2.24, 2.45) is 22.7 Å². The van der Waals surface area contributed by atoms with Crippen LogP contribution in [-0.2, 0) is 22.4 Å². The summed E-state index contributed by atoms with van der Waals surface area (Å²) in [7, 11) is 3.10. The summed E-state index contributed by atoms with van der Waals surface area (Å²) in [5, 5.41) is 21.6. The van der Waals surface area contributed by atoms with Gasteiger partial charge in [-0.25, -0.2) is 0 Å². The summed E-state index contributed by atoms with van der Waals surface area (Å²) in [4.78, 5) is 54.7. The van der Waals surface area contributed by atoms with Gasteiger partial charge in [0.25, 0.3) is 0 Å². The van der Waals surface area contributed by atoms with Crippen LogP contribution < -0.4 is 25.8 Å². The van der Waals surface area contributed by atoms with Crippen LogP contribution in [0.1, 0.15) is 91.3 Å². The Balaban J connectivity index is 0.000000331. The molecule has 1 heterocycles. The van der Waals surface area contributed by atoms with Gasteiger partial charge in [0, 0.05) is 68.0 Å². The fourth-order valence-electron chi connectivity index (χ4n) is 6.30. The van der Waals surface area contributed by atoms with Crippen molar-refractivity contribution in [3.63, 3.8) is 0 Å². The van der Waals surface area contributed by atoms with Crippen molar-refractivity contribution in [2.45, 2.75) is 79.9 Å². The lowest BCUT2D eigenvalue weighted by atomic mass is 9.91. The zero-order valence-corrected chi connectivity index (χ0v) is 37.2. The van der Waals surface area contributed by atoms with Gasteiger partial charge in [-0.1, -0.05) is 89.5 Å². The van der Waals surface area contributed by atoms with E-state index in [1.54, 1.807) is 74.6 Å². The smallest absolute Gasteiger partial charge is 0.223 e. The number of hydrogen-bond acceptors (Lipinski definition) is 11. The molecule has 0 aliphatic heterocycles. The van der Waals surface area contributed by atoms with E-state index in [0.717, 1.165) is 16.7 Å². The Kier molecular flexibility index (Phi) is 19.8. The van der Waals surface area contributed by atoms with Crippen molar-refractivity contribution >= 4 is 52.4 Å². The number of nitrogens with two attached hydrogens (primary N) is 1. The van der Waals surface area contributed by atoms with E-state index in [1.165, 1.54) is 7.05 Å². The zero-order chi connectivity index (χ0) is 45.5. The highest BCUT2D eigenvalue weighted by molar-refractivity contribution is 6.32. The number of rotatable bonds is 18. The largest absolute Gasteiger partial charge is 0.489 e. The van der Waals surface area contributed by atoms with Crippen LogP contribution in [0.4, 0.5) is 0 Å². The lowest BCUT2D eigenvalue weighted by Gasteiger charge is -2.16. The molecule has 63 heavy (non-hydrogen) atoms. The van der Waals surface area contributed by atoms with Crippen LogP contribution in [0.3, 0.4) is 0 Å². The van der Waals surface area contributed by atoms with Gasteiger partial charge in [-0.3, -0.25) is 19.2 Å². The van der Waals surface area contributed by atoms with E-state index in [0.29, 0.717) is 62.8 Å². The predicted molar refractivity (Wildman–Crippen MR) is 245 cm³/mol. The van der Waals surface area contributed by atoms with Crippen LogP contribution in [0, 0.1) is 18.8 Å². The lowest BCUT2D eigenvalue weighted by Crippen LogP contribution is -2.30. The molecule has 0 spiro atoms. The first kappa shape index (κ1) is 51.1. The van der Waals surface area contributed by atoms with Crippen molar-refractivity contribution in [3.8, 4) is 22.9 Å². The van der Waals surface area contributed by atoms with Crippen LogP contribution in [0.25, 0.3) is 11.4 Å². The molecule has 0 fully saturated rings. The van der Waals surface area contributed by atoms with E-state index in [-0.39, 0.29) is 61.7 Å². The van der Waals surface area contributed by atoms with Crippen molar-refractivity contribution in [1.29, 1.82) is 0 Å². The number of nitrogens with one attached hydrogen (secondary N) is 2. The number of oxime groups is 1. The number of amides is 2. The van der Waals surface area contributed by atoms with Crippen molar-refractivity contribution < 1.29 is 38.4 Å². The Morgan fingerprint density at radius 3 is 1.48 bits per heavy atom. The number of aromatic nitrogens is 2. The standard InChI is InChI=1S/C24H26ClN3O4.C22H26ClN3O4.CH4/c1-14(2)31-22-10-9-18(12-20(22)25)21(29)13-19(24(30)26-4)11-16-5-7-17(8-6-16)23-27-15(3)32-28-23;1-13(2)30-20-9-8-16(11-18(20)23)19(27)12-17(22(28)25-3)10-14-4-6-15(7-5-14)21(24)26-29;/h5-10,12,14,19H,11,13H2,1-4H3,(H,26,30);4-9,11,13,17,29H,10,12H2,1-3H3,(H2,24,26)(H,25,28);1H4/t19-;17-;/m11./s1. The highest BCUT2D eigenvalue weighted by atomic mass is 35.5. The Labute approximate surface area is 378 Å². The van der Waals surface area contributed by atoms with Crippen molar-refractivity contribution in [3.05, 3.63) is 129 Å². The molecule has 5 rings (SSSR count). The topological polar surface area (TPSA) is 208 Å². The number of ketones is 2. The van der Waals surface area contributed by atoms with Crippen molar-refractivity contribution in [1.82, 2.24) is 20.8 Å². The number of Topliss-reactive ketones (excluding diaryl/α,β-unsaturated/α-hetero) is 2. The van der Waals surface area contributed by atoms with Gasteiger partial charge in [-0.2, -0.15) is 4.98 Å². The Bertz CT molecular complexity index is 2350. The molecule has 0 radical (unpaired) electrons. The minimum atomic E-state index is -0.553. The fraction of sp³-hybridized carbons (Fsp3) is 0.340. The number of amidine groups is 1. The highest BCUT2D eigenvalue weighted by Crippen LogP contribution is 2.29. The van der Waals surface area contributed by atoms with E-state index < -0.39 is 11.8 Å². The van der Waals surface area contributed by atoms with Gasteiger partial charge in [0.05, 0.1) is 22.3 Å². The van der Waals surface area contributed by atoms with E-state index in [4.69, 9.17) is 48.1 Å². The molecule has 16 heteroatoms. The van der Waals surface area contributed by atoms with Gasteiger partial charge >= 0.3 is 0 Å². The van der Waals surface area contributed by atoms with E-state index in [9.17, 15) is 19.2 Å². The molecule has 0 bridgehead atoms. The number of nitrogens with zero attached hydrogens (tertiary/aromatic N) is 3. The average molecular weight is 904 g/mol. The van der Waals surface area contributed by atoms with Crippen LogP contribution >= 0.6 is 23.2 Å². The maximum absolute atomic E-state index is 12.9. The number of halogens is 2. The maximum Gasteiger partial charge on any atom is 0.223 e. The fourth-order valence-corrected chi connectivity index (χ4v) is 6.75. The summed E-state index contributed by atoms with van der Waals surface area (Å²) in [6.45, 7) is 9.31. The lowest BCUT2D eigenvalue weighted by molar-refractivity contribution is -0.125. The first-order chi connectivity index (χ1) is 29.5. The molecule has 0 aliphatic carbocycles. The first-order valence-electron chi connectivity index (χ1n) is 19.9. The Morgan fingerprint density at radius 2 is 1.13 bits per heavy atom. The van der Waals surface area contributed by atoms with Gasteiger partial charge in [-0.05, 0) is 88.1 Å². The summed E-state index contributed by atoms with van der Waals surface area (Å²) < 4.78 is 16.2. The van der Waals surface area contributed by atoms with Gasteiger partial charge in [0.2, 0.25) is 23.5 Å². The third kappa shape index (κ3) is 15.3.